The van der Waals surface area contributed by atoms with Gasteiger partial charge in [0.05, 0.1) is 0 Å². The Morgan fingerprint density at radius 2 is 2.14 bits per heavy atom. The molecule has 1 fully saturated rings. The Labute approximate surface area is 86.1 Å². The van der Waals surface area contributed by atoms with Gasteiger partial charge in [-0.2, -0.15) is 0 Å². The molecule has 0 aromatic heterocycles. The van der Waals surface area contributed by atoms with Crippen LogP contribution in [0.25, 0.3) is 0 Å². The first kappa shape index (κ1) is 11.7. The number of hydrogen-bond acceptors (Lipinski definition) is 3. The summed E-state index contributed by atoms with van der Waals surface area (Å²) in [6.07, 6.45) is 1.87. The van der Waals surface area contributed by atoms with E-state index in [1.54, 1.807) is 6.92 Å². The van der Waals surface area contributed by atoms with Crippen LogP contribution in [-0.4, -0.2) is 39.0 Å². The molecule has 1 rings (SSSR count). The largest absolute Gasteiger partial charge is 0.480 e. The lowest BCUT2D eigenvalue weighted by Crippen LogP contribution is -2.35. The van der Waals surface area contributed by atoms with Crippen LogP contribution in [0, 0.1) is 0 Å². The molecule has 0 radical (unpaired) electrons. The number of hydrogen-bond donors (Lipinski definition) is 1. The highest BCUT2D eigenvalue weighted by atomic mass is 32.2. The molecular weight excluding hydrogens is 204 g/mol. The molecule has 1 aliphatic heterocycles. The predicted octanol–water partition coefficient (Wildman–Crippen LogP) is 0.777. The molecule has 5 heteroatoms. The lowest BCUT2D eigenvalue weighted by Gasteiger charge is -2.23. The summed E-state index contributed by atoms with van der Waals surface area (Å²) in [6.45, 7) is 2.97. The maximum absolute atomic E-state index is 11.8. The van der Waals surface area contributed by atoms with E-state index in [1.165, 1.54) is 0 Å². The maximum atomic E-state index is 11.8. The lowest BCUT2D eigenvalue weighted by molar-refractivity contribution is -0.136. The molecule has 14 heavy (non-hydrogen) atoms. The summed E-state index contributed by atoms with van der Waals surface area (Å²) in [5.74, 6) is -0.947. The monoisotopic (exact) mass is 220 g/mol. The highest BCUT2D eigenvalue weighted by Gasteiger charge is 2.30. The minimum absolute atomic E-state index is 0.00444. The Balaban J connectivity index is 2.56. The van der Waals surface area contributed by atoms with Gasteiger partial charge in [-0.15, -0.1) is 0 Å². The third-order valence-electron chi connectivity index (χ3n) is 2.42. The van der Waals surface area contributed by atoms with Crippen molar-refractivity contribution in [2.45, 2.75) is 36.7 Å². The van der Waals surface area contributed by atoms with Crippen LogP contribution in [0.4, 0.5) is 0 Å². The van der Waals surface area contributed by atoms with Gasteiger partial charge in [-0.05, 0) is 19.3 Å². The second-order valence-electron chi connectivity index (χ2n) is 3.38. The van der Waals surface area contributed by atoms with Crippen molar-refractivity contribution in [3.05, 3.63) is 0 Å². The van der Waals surface area contributed by atoms with Crippen LogP contribution < -0.4 is 0 Å². The van der Waals surface area contributed by atoms with E-state index in [-0.39, 0.29) is 5.25 Å². The van der Waals surface area contributed by atoms with Gasteiger partial charge in [-0.1, -0.05) is 6.92 Å². The van der Waals surface area contributed by atoms with Gasteiger partial charge in [0.25, 0.3) is 0 Å². The minimum atomic E-state index is -1.25. The number of carboxylic acids is 1. The van der Waals surface area contributed by atoms with Crippen molar-refractivity contribution in [2.24, 2.45) is 0 Å². The van der Waals surface area contributed by atoms with E-state index in [1.807, 2.05) is 0 Å². The Kier molecular flexibility index (Phi) is 4.54. The summed E-state index contributed by atoms with van der Waals surface area (Å²) >= 11 is 0. The number of ether oxygens (including phenoxy) is 1. The highest BCUT2D eigenvalue weighted by Crippen LogP contribution is 2.18. The van der Waals surface area contributed by atoms with E-state index in [2.05, 4.69) is 0 Å². The third-order valence-corrected chi connectivity index (χ3v) is 4.65. The van der Waals surface area contributed by atoms with Crippen molar-refractivity contribution in [3.63, 3.8) is 0 Å². The van der Waals surface area contributed by atoms with Crippen LogP contribution in [-0.2, 0) is 20.3 Å². The zero-order chi connectivity index (χ0) is 10.6. The summed E-state index contributed by atoms with van der Waals surface area (Å²) < 4.78 is 17.0. The summed E-state index contributed by atoms with van der Waals surface area (Å²) in [5.41, 5.74) is 0. The van der Waals surface area contributed by atoms with E-state index in [0.717, 1.165) is 12.8 Å². The zero-order valence-electron chi connectivity index (χ0n) is 8.27. The predicted molar refractivity (Wildman–Crippen MR) is 53.7 cm³/mol. The molecule has 1 aliphatic rings. The fraction of sp³-hybridized carbons (Fsp3) is 0.889. The summed E-state index contributed by atoms with van der Waals surface area (Å²) in [5, 5.41) is 8.14. The molecular formula is C9H16O4S. The number of aliphatic carboxylic acids is 1. The standard InChI is InChI=1S/C9H16O4S/c1-2-8(9(10)11)14(12)7-3-5-13-6-4-7/h7-8H,2-6H2,1H3,(H,10,11). The van der Waals surface area contributed by atoms with Gasteiger partial charge in [-0.25, -0.2) is 0 Å². The van der Waals surface area contributed by atoms with Gasteiger partial charge >= 0.3 is 5.97 Å². The Morgan fingerprint density at radius 3 is 2.57 bits per heavy atom. The number of carboxylic acid groups (broad SMARTS) is 1. The van der Waals surface area contributed by atoms with E-state index < -0.39 is 22.0 Å². The van der Waals surface area contributed by atoms with E-state index >= 15 is 0 Å². The molecule has 1 saturated heterocycles. The number of rotatable bonds is 4. The van der Waals surface area contributed by atoms with Gasteiger partial charge in [0.1, 0.15) is 5.25 Å². The van der Waals surface area contributed by atoms with Gasteiger partial charge in [0.15, 0.2) is 0 Å². The average molecular weight is 220 g/mol. The van der Waals surface area contributed by atoms with Gasteiger partial charge in [0.2, 0.25) is 0 Å². The molecule has 0 amide bonds. The molecule has 4 nitrogen and oxygen atoms in total. The fourth-order valence-electron chi connectivity index (χ4n) is 1.58. The topological polar surface area (TPSA) is 63.6 Å². The molecule has 0 saturated carbocycles. The molecule has 2 atom stereocenters. The molecule has 0 aliphatic carbocycles. The van der Waals surface area contributed by atoms with Crippen LogP contribution in [0.1, 0.15) is 26.2 Å². The molecule has 0 aromatic carbocycles. The van der Waals surface area contributed by atoms with Crippen LogP contribution in [0.2, 0.25) is 0 Å². The normalized spacial score (nSPS) is 22.9. The van der Waals surface area contributed by atoms with Crippen molar-refractivity contribution in [1.29, 1.82) is 0 Å². The zero-order valence-corrected chi connectivity index (χ0v) is 9.09. The molecule has 2 unspecified atom stereocenters. The van der Waals surface area contributed by atoms with Crippen molar-refractivity contribution >= 4 is 16.8 Å². The second kappa shape index (κ2) is 5.46. The van der Waals surface area contributed by atoms with Crippen molar-refractivity contribution in [3.8, 4) is 0 Å². The molecule has 1 N–H and O–H groups in total. The number of carbonyl (C=O) groups is 1. The van der Waals surface area contributed by atoms with Crippen molar-refractivity contribution < 1.29 is 18.8 Å². The van der Waals surface area contributed by atoms with Gasteiger partial charge in [-0.3, -0.25) is 9.00 Å². The summed E-state index contributed by atoms with van der Waals surface area (Å²) in [7, 11) is -1.25. The first-order chi connectivity index (χ1) is 6.66. The quantitative estimate of drug-likeness (QED) is 0.760. The van der Waals surface area contributed by atoms with Gasteiger partial charge < -0.3 is 9.84 Å². The minimum Gasteiger partial charge on any atom is -0.480 e. The molecule has 82 valence electrons. The maximum Gasteiger partial charge on any atom is 0.319 e. The van der Waals surface area contributed by atoms with Crippen molar-refractivity contribution in [1.82, 2.24) is 0 Å². The SMILES string of the molecule is CCC(C(=O)O)S(=O)C1CCOCC1. The average Bonchev–Trinajstić information content (AvgIpc) is 2.19. The van der Waals surface area contributed by atoms with Gasteiger partial charge in [0, 0.05) is 29.3 Å². The van der Waals surface area contributed by atoms with Crippen LogP contribution in [0.5, 0.6) is 0 Å². The van der Waals surface area contributed by atoms with E-state index in [9.17, 15) is 9.00 Å². The first-order valence-electron chi connectivity index (χ1n) is 4.86. The van der Waals surface area contributed by atoms with E-state index in [0.29, 0.717) is 19.6 Å². The molecule has 0 bridgehead atoms. The van der Waals surface area contributed by atoms with Crippen LogP contribution in [0.15, 0.2) is 0 Å². The molecule has 1 heterocycles. The Morgan fingerprint density at radius 1 is 1.57 bits per heavy atom. The first-order valence-corrected chi connectivity index (χ1v) is 6.14. The summed E-state index contributed by atoms with van der Waals surface area (Å²) in [4.78, 5) is 10.8. The smallest absolute Gasteiger partial charge is 0.319 e. The van der Waals surface area contributed by atoms with Crippen molar-refractivity contribution in [2.75, 3.05) is 13.2 Å². The van der Waals surface area contributed by atoms with Crippen LogP contribution in [0.3, 0.4) is 0 Å². The molecule has 0 aromatic rings. The fourth-order valence-corrected chi connectivity index (χ4v) is 3.23. The lowest BCUT2D eigenvalue weighted by atomic mass is 10.2. The second-order valence-corrected chi connectivity index (χ2v) is 5.27. The Bertz CT molecular complexity index is 223. The summed E-state index contributed by atoms with van der Waals surface area (Å²) in [6, 6.07) is 0. The molecule has 0 spiro atoms. The third kappa shape index (κ3) is 2.78. The van der Waals surface area contributed by atoms with Crippen LogP contribution >= 0.6 is 0 Å². The highest BCUT2D eigenvalue weighted by molar-refractivity contribution is 7.87. The Hall–Kier alpha value is -0.420. The van der Waals surface area contributed by atoms with E-state index in [4.69, 9.17) is 9.84 Å².